The first-order valence-corrected chi connectivity index (χ1v) is 9.21. The first kappa shape index (κ1) is 17.7. The molecule has 4 aromatic rings. The Morgan fingerprint density at radius 2 is 1.77 bits per heavy atom. The monoisotopic (exact) mass is 397 g/mol. The van der Waals surface area contributed by atoms with Crippen LogP contribution in [0.2, 0.25) is 0 Å². The number of aliphatic hydroxyl groups is 1. The minimum Gasteiger partial charge on any atom is -0.507 e. The van der Waals surface area contributed by atoms with Gasteiger partial charge in [0.15, 0.2) is 0 Å². The van der Waals surface area contributed by atoms with Crippen molar-refractivity contribution in [2.24, 2.45) is 0 Å². The summed E-state index contributed by atoms with van der Waals surface area (Å²) >= 11 is 0. The van der Waals surface area contributed by atoms with E-state index in [1.165, 1.54) is 17.3 Å². The van der Waals surface area contributed by atoms with Gasteiger partial charge in [-0.25, -0.2) is 4.98 Å². The zero-order valence-corrected chi connectivity index (χ0v) is 15.6. The largest absolute Gasteiger partial charge is 0.507 e. The third kappa shape index (κ3) is 2.74. The predicted octanol–water partition coefficient (Wildman–Crippen LogP) is 2.98. The summed E-state index contributed by atoms with van der Waals surface area (Å²) in [6.45, 7) is 0. The van der Waals surface area contributed by atoms with E-state index >= 15 is 0 Å². The second-order valence-electron chi connectivity index (χ2n) is 6.77. The van der Waals surface area contributed by atoms with E-state index in [2.05, 4.69) is 19.9 Å². The third-order valence-electron chi connectivity index (χ3n) is 5.00. The van der Waals surface area contributed by atoms with Crippen molar-refractivity contribution in [2.45, 2.75) is 6.04 Å². The second kappa shape index (κ2) is 6.93. The van der Waals surface area contributed by atoms with Crippen molar-refractivity contribution in [1.29, 1.82) is 0 Å². The molecule has 0 radical (unpaired) electrons. The topological polar surface area (TPSA) is 112 Å². The third-order valence-corrected chi connectivity index (χ3v) is 5.00. The van der Waals surface area contributed by atoms with Gasteiger partial charge in [0.05, 0.1) is 22.6 Å². The lowest BCUT2D eigenvalue weighted by atomic mass is 9.97. The lowest BCUT2D eigenvalue weighted by Crippen LogP contribution is -2.30. The summed E-state index contributed by atoms with van der Waals surface area (Å²) in [7, 11) is 0. The Balaban J connectivity index is 1.74. The zero-order chi connectivity index (χ0) is 20.7. The predicted molar refractivity (Wildman–Crippen MR) is 109 cm³/mol. The number of para-hydroxylation sites is 2. The van der Waals surface area contributed by atoms with Gasteiger partial charge in [0.25, 0.3) is 5.78 Å². The number of nitrogens with zero attached hydrogens (tertiary/aromatic N) is 4. The van der Waals surface area contributed by atoms with Crippen LogP contribution in [0.3, 0.4) is 0 Å². The van der Waals surface area contributed by atoms with E-state index < -0.39 is 17.7 Å². The lowest BCUT2D eigenvalue weighted by Gasteiger charge is -2.22. The average Bonchev–Trinajstić information content (AvgIpc) is 3.33. The van der Waals surface area contributed by atoms with E-state index in [0.29, 0.717) is 16.6 Å². The lowest BCUT2D eigenvalue weighted by molar-refractivity contribution is -0.132. The van der Waals surface area contributed by atoms with E-state index in [9.17, 15) is 14.7 Å². The number of rotatable bonds is 3. The molecule has 1 aliphatic heterocycles. The van der Waals surface area contributed by atoms with Crippen LogP contribution in [0.1, 0.15) is 17.2 Å². The molecule has 1 aliphatic rings. The van der Waals surface area contributed by atoms with Crippen LogP contribution in [-0.2, 0) is 9.59 Å². The number of ketones is 1. The van der Waals surface area contributed by atoms with Crippen LogP contribution in [0.15, 0.2) is 78.9 Å². The number of H-pyrrole nitrogens is 1. The molecule has 0 bridgehead atoms. The van der Waals surface area contributed by atoms with Crippen LogP contribution in [0.25, 0.3) is 16.8 Å². The summed E-state index contributed by atoms with van der Waals surface area (Å²) in [5.41, 5.74) is 2.33. The summed E-state index contributed by atoms with van der Waals surface area (Å²) in [6, 6.07) is 13.0. The van der Waals surface area contributed by atoms with Crippen molar-refractivity contribution in [3.05, 3.63) is 90.0 Å². The van der Waals surface area contributed by atoms with Crippen LogP contribution in [0, 0.1) is 0 Å². The van der Waals surface area contributed by atoms with Crippen molar-refractivity contribution >= 4 is 34.4 Å². The summed E-state index contributed by atoms with van der Waals surface area (Å²) < 4.78 is 0. The maximum atomic E-state index is 13.1. The second-order valence-corrected chi connectivity index (χ2v) is 6.77. The fourth-order valence-electron chi connectivity index (χ4n) is 3.62. The minimum absolute atomic E-state index is 0.0281. The Morgan fingerprint density at radius 1 is 0.967 bits per heavy atom. The van der Waals surface area contributed by atoms with Crippen LogP contribution in [-0.4, -0.2) is 36.7 Å². The maximum absolute atomic E-state index is 13.1. The van der Waals surface area contributed by atoms with Crippen LogP contribution in [0.5, 0.6) is 0 Å². The highest BCUT2D eigenvalue weighted by Gasteiger charge is 2.48. The highest BCUT2D eigenvalue weighted by molar-refractivity contribution is 6.51. The standard InChI is InChI=1S/C22H15N5O3/c28-19(13-7-10-23-11-8-13)17-18(14-4-3-9-24-12-14)27(21(30)20(17)29)22-25-15-5-1-2-6-16(15)26-22/h1-12,18,28H,(H,25,26)/b19-17+. The minimum atomic E-state index is -0.882. The van der Waals surface area contributed by atoms with Gasteiger partial charge in [0, 0.05) is 30.4 Å². The number of imidazole rings is 1. The number of pyridine rings is 2. The Morgan fingerprint density at radius 3 is 2.50 bits per heavy atom. The number of aromatic nitrogens is 4. The number of hydrogen-bond acceptors (Lipinski definition) is 6. The van der Waals surface area contributed by atoms with Gasteiger partial charge in [-0.05, 0) is 35.9 Å². The number of Topliss-reactive ketones (excluding diaryl/α,β-unsaturated/α-hetero) is 1. The number of hydrogen-bond donors (Lipinski definition) is 2. The van der Waals surface area contributed by atoms with Crippen molar-refractivity contribution in [3.63, 3.8) is 0 Å². The Bertz CT molecular complexity index is 1270. The van der Waals surface area contributed by atoms with Gasteiger partial charge in [0.2, 0.25) is 5.95 Å². The molecular formula is C22H15N5O3. The molecule has 1 amide bonds. The number of carbonyl (C=O) groups is 2. The maximum Gasteiger partial charge on any atom is 0.302 e. The number of benzene rings is 1. The molecule has 3 aromatic heterocycles. The fourth-order valence-corrected chi connectivity index (χ4v) is 3.62. The van der Waals surface area contributed by atoms with Crippen molar-refractivity contribution in [2.75, 3.05) is 4.90 Å². The molecular weight excluding hydrogens is 382 g/mol. The Labute approximate surface area is 170 Å². The van der Waals surface area contributed by atoms with Gasteiger partial charge in [-0.15, -0.1) is 0 Å². The average molecular weight is 397 g/mol. The molecule has 0 spiro atoms. The summed E-state index contributed by atoms with van der Waals surface area (Å²) in [6.07, 6.45) is 6.17. The molecule has 146 valence electrons. The molecule has 4 heterocycles. The number of fused-ring (bicyclic) bond motifs is 1. The fraction of sp³-hybridized carbons (Fsp3) is 0.0455. The molecule has 1 fully saturated rings. The quantitative estimate of drug-likeness (QED) is 0.312. The highest BCUT2D eigenvalue weighted by Crippen LogP contribution is 2.41. The number of aromatic amines is 1. The molecule has 1 saturated heterocycles. The van der Waals surface area contributed by atoms with Crippen LogP contribution >= 0.6 is 0 Å². The van der Waals surface area contributed by atoms with Gasteiger partial charge in [-0.1, -0.05) is 18.2 Å². The van der Waals surface area contributed by atoms with E-state index in [-0.39, 0.29) is 17.3 Å². The molecule has 2 N–H and O–H groups in total. The highest BCUT2D eigenvalue weighted by atomic mass is 16.3. The molecule has 8 heteroatoms. The summed E-state index contributed by atoms with van der Waals surface area (Å²) in [5.74, 6) is -1.62. The molecule has 8 nitrogen and oxygen atoms in total. The number of carbonyl (C=O) groups excluding carboxylic acids is 2. The van der Waals surface area contributed by atoms with Crippen molar-refractivity contribution in [3.8, 4) is 0 Å². The van der Waals surface area contributed by atoms with Gasteiger partial charge < -0.3 is 10.1 Å². The van der Waals surface area contributed by atoms with Gasteiger partial charge in [0.1, 0.15) is 5.76 Å². The first-order valence-electron chi connectivity index (χ1n) is 9.21. The number of aliphatic hydroxyl groups excluding tert-OH is 1. The van der Waals surface area contributed by atoms with Crippen LogP contribution < -0.4 is 4.90 Å². The molecule has 5 rings (SSSR count). The molecule has 1 unspecified atom stereocenters. The van der Waals surface area contributed by atoms with Crippen molar-refractivity contribution in [1.82, 2.24) is 19.9 Å². The molecule has 1 atom stereocenters. The summed E-state index contributed by atoms with van der Waals surface area (Å²) in [4.78, 5) is 43.0. The van der Waals surface area contributed by atoms with Gasteiger partial charge >= 0.3 is 5.91 Å². The van der Waals surface area contributed by atoms with E-state index in [4.69, 9.17) is 0 Å². The van der Waals surface area contributed by atoms with E-state index in [0.717, 1.165) is 5.52 Å². The number of nitrogens with one attached hydrogen (secondary N) is 1. The smallest absolute Gasteiger partial charge is 0.302 e. The zero-order valence-electron chi connectivity index (χ0n) is 15.6. The number of anilines is 1. The van der Waals surface area contributed by atoms with Crippen molar-refractivity contribution < 1.29 is 14.7 Å². The Hall–Kier alpha value is -4.33. The normalized spacial score (nSPS) is 18.3. The molecule has 1 aromatic carbocycles. The van der Waals surface area contributed by atoms with Gasteiger partial charge in [-0.3, -0.25) is 24.5 Å². The first-order chi connectivity index (χ1) is 14.6. The van der Waals surface area contributed by atoms with E-state index in [1.807, 2.05) is 24.3 Å². The Kier molecular flexibility index (Phi) is 4.10. The van der Waals surface area contributed by atoms with Gasteiger partial charge in [-0.2, -0.15) is 0 Å². The SMILES string of the molecule is O=C1C(=O)N(c2nc3ccccc3[nH]2)C(c2cccnc2)/C1=C(\O)c1ccncc1. The molecule has 0 aliphatic carbocycles. The number of amides is 1. The molecule has 0 saturated carbocycles. The molecule has 30 heavy (non-hydrogen) atoms. The van der Waals surface area contributed by atoms with Crippen LogP contribution in [0.4, 0.5) is 5.95 Å². The summed E-state index contributed by atoms with van der Waals surface area (Å²) in [5, 5.41) is 10.9. The van der Waals surface area contributed by atoms with E-state index in [1.54, 1.807) is 36.7 Å².